The summed E-state index contributed by atoms with van der Waals surface area (Å²) in [6.07, 6.45) is 1.56. The first-order valence-electron chi connectivity index (χ1n) is 8.71. The Morgan fingerprint density at radius 1 is 1.15 bits per heavy atom. The van der Waals surface area contributed by atoms with Gasteiger partial charge in [-0.25, -0.2) is 4.98 Å². The molecule has 0 aliphatic rings. The first kappa shape index (κ1) is 17.0. The van der Waals surface area contributed by atoms with Crippen molar-refractivity contribution in [2.24, 2.45) is 0 Å². The fourth-order valence-corrected chi connectivity index (χ4v) is 3.04. The number of hydrogen-bond acceptors (Lipinski definition) is 5. The average molecular weight is 361 g/mol. The molecule has 0 saturated carbocycles. The van der Waals surface area contributed by atoms with Crippen molar-refractivity contribution in [1.29, 1.82) is 0 Å². The van der Waals surface area contributed by atoms with Gasteiger partial charge < -0.3 is 14.3 Å². The Balaban J connectivity index is 1.72. The van der Waals surface area contributed by atoms with Crippen LogP contribution in [0.5, 0.6) is 0 Å². The lowest BCUT2D eigenvalue weighted by Crippen LogP contribution is -2.27. The van der Waals surface area contributed by atoms with Crippen molar-refractivity contribution in [2.75, 3.05) is 0 Å². The van der Waals surface area contributed by atoms with Crippen molar-refractivity contribution in [2.45, 2.75) is 26.8 Å². The molecule has 0 saturated heterocycles. The van der Waals surface area contributed by atoms with Crippen molar-refractivity contribution in [1.82, 2.24) is 15.5 Å². The Hall–Kier alpha value is -3.41. The smallest absolute Gasteiger partial charge is 0.259 e. The molecule has 1 N–H and O–H groups in total. The normalized spacial score (nSPS) is 12.3. The third-order valence-electron chi connectivity index (χ3n) is 4.56. The van der Waals surface area contributed by atoms with E-state index in [1.54, 1.807) is 31.4 Å². The number of carbonyl (C=O) groups excluding carboxylic acids is 1. The number of rotatable bonds is 4. The van der Waals surface area contributed by atoms with Gasteiger partial charge in [0.1, 0.15) is 5.69 Å². The SMILES string of the molecule is Cc1ccc([C@@H](C)NC(=O)c2cc(-c3ccco3)nc3onc(C)c23)cc1. The molecular weight excluding hydrogens is 342 g/mol. The molecule has 3 heterocycles. The second kappa shape index (κ2) is 6.72. The molecule has 0 spiro atoms. The molecule has 3 aromatic heterocycles. The lowest BCUT2D eigenvalue weighted by molar-refractivity contribution is 0.0941. The number of aryl methyl sites for hydroxylation is 2. The topological polar surface area (TPSA) is 81.2 Å². The maximum atomic E-state index is 13.0. The first-order valence-corrected chi connectivity index (χ1v) is 8.71. The molecule has 1 atom stereocenters. The molecule has 0 radical (unpaired) electrons. The van der Waals surface area contributed by atoms with Crippen LogP contribution in [0, 0.1) is 13.8 Å². The van der Waals surface area contributed by atoms with Crippen molar-refractivity contribution in [3.05, 3.63) is 71.1 Å². The van der Waals surface area contributed by atoms with E-state index in [4.69, 9.17) is 8.94 Å². The molecule has 1 amide bonds. The van der Waals surface area contributed by atoms with Crippen LogP contribution in [-0.4, -0.2) is 16.0 Å². The first-order chi connectivity index (χ1) is 13.0. The fourth-order valence-electron chi connectivity index (χ4n) is 3.04. The number of furan rings is 1. The molecule has 1 aromatic carbocycles. The molecule has 6 heteroatoms. The predicted molar refractivity (Wildman–Crippen MR) is 101 cm³/mol. The molecule has 0 unspecified atom stereocenters. The minimum Gasteiger partial charge on any atom is -0.463 e. The summed E-state index contributed by atoms with van der Waals surface area (Å²) >= 11 is 0. The minimum absolute atomic E-state index is 0.145. The lowest BCUT2D eigenvalue weighted by Gasteiger charge is -2.15. The number of carbonyl (C=O) groups is 1. The summed E-state index contributed by atoms with van der Waals surface area (Å²) in [4.78, 5) is 17.5. The fraction of sp³-hybridized carbons (Fsp3) is 0.190. The summed E-state index contributed by atoms with van der Waals surface area (Å²) in [5.41, 5.74) is 4.14. The van der Waals surface area contributed by atoms with E-state index in [-0.39, 0.29) is 11.9 Å². The van der Waals surface area contributed by atoms with Gasteiger partial charge in [0.05, 0.1) is 28.9 Å². The molecule has 27 heavy (non-hydrogen) atoms. The third-order valence-corrected chi connectivity index (χ3v) is 4.56. The number of nitrogens with zero attached hydrogens (tertiary/aromatic N) is 2. The number of amides is 1. The molecule has 136 valence electrons. The predicted octanol–water partition coefficient (Wildman–Crippen LogP) is 4.59. The molecule has 4 rings (SSSR count). The zero-order valence-corrected chi connectivity index (χ0v) is 15.3. The van der Waals surface area contributed by atoms with Crippen LogP contribution in [0.25, 0.3) is 22.6 Å². The molecule has 0 aliphatic carbocycles. The highest BCUT2D eigenvalue weighted by atomic mass is 16.5. The van der Waals surface area contributed by atoms with Gasteiger partial charge >= 0.3 is 0 Å². The summed E-state index contributed by atoms with van der Waals surface area (Å²) in [7, 11) is 0. The van der Waals surface area contributed by atoms with Gasteiger partial charge in [-0.2, -0.15) is 0 Å². The Kier molecular flexibility index (Phi) is 4.24. The minimum atomic E-state index is -0.213. The summed E-state index contributed by atoms with van der Waals surface area (Å²) in [6, 6.07) is 13.2. The van der Waals surface area contributed by atoms with Crippen LogP contribution in [0.3, 0.4) is 0 Å². The number of pyridine rings is 1. The van der Waals surface area contributed by atoms with E-state index in [0.29, 0.717) is 33.8 Å². The standard InChI is InChI=1S/C21H19N3O3/c1-12-6-8-15(9-7-12)13(2)22-20(25)16-11-17(18-5-4-10-26-18)23-21-19(16)14(3)24-27-21/h4-11,13H,1-3H3,(H,22,25)/t13-/m1/s1. The average Bonchev–Trinajstić information content (AvgIpc) is 3.32. The highest BCUT2D eigenvalue weighted by Crippen LogP contribution is 2.27. The number of aromatic nitrogens is 2. The van der Waals surface area contributed by atoms with E-state index < -0.39 is 0 Å². The van der Waals surface area contributed by atoms with Crippen LogP contribution in [0.4, 0.5) is 0 Å². The van der Waals surface area contributed by atoms with Gasteiger partial charge in [-0.3, -0.25) is 4.79 Å². The Morgan fingerprint density at radius 2 is 1.93 bits per heavy atom. The van der Waals surface area contributed by atoms with Gasteiger partial charge in [0.25, 0.3) is 11.6 Å². The Labute approximate surface area is 156 Å². The molecule has 0 aliphatic heterocycles. The number of benzene rings is 1. The van der Waals surface area contributed by atoms with Crippen molar-refractivity contribution >= 4 is 17.0 Å². The van der Waals surface area contributed by atoms with Gasteiger partial charge in [0, 0.05) is 0 Å². The zero-order valence-electron chi connectivity index (χ0n) is 15.3. The van der Waals surface area contributed by atoms with Gasteiger partial charge in [-0.1, -0.05) is 35.0 Å². The molecule has 0 fully saturated rings. The highest BCUT2D eigenvalue weighted by molar-refractivity contribution is 6.07. The summed E-state index contributed by atoms with van der Waals surface area (Å²) in [5, 5.41) is 7.62. The number of nitrogens with one attached hydrogen (secondary N) is 1. The van der Waals surface area contributed by atoms with E-state index in [0.717, 1.165) is 5.56 Å². The highest BCUT2D eigenvalue weighted by Gasteiger charge is 2.21. The zero-order chi connectivity index (χ0) is 19.0. The van der Waals surface area contributed by atoms with E-state index in [1.165, 1.54) is 5.56 Å². The van der Waals surface area contributed by atoms with Crippen molar-refractivity contribution < 1.29 is 13.7 Å². The summed E-state index contributed by atoms with van der Waals surface area (Å²) < 4.78 is 10.7. The largest absolute Gasteiger partial charge is 0.463 e. The second-order valence-electron chi connectivity index (χ2n) is 6.59. The quantitative estimate of drug-likeness (QED) is 0.575. The van der Waals surface area contributed by atoms with E-state index in [9.17, 15) is 4.79 Å². The van der Waals surface area contributed by atoms with Gasteiger partial charge in [-0.15, -0.1) is 0 Å². The van der Waals surface area contributed by atoms with E-state index in [1.807, 2.05) is 38.1 Å². The lowest BCUT2D eigenvalue weighted by atomic mass is 10.0. The van der Waals surface area contributed by atoms with Crippen LogP contribution in [0.1, 0.15) is 40.1 Å². The van der Waals surface area contributed by atoms with Gasteiger partial charge in [0.2, 0.25) is 0 Å². The molecule has 0 bridgehead atoms. The summed E-state index contributed by atoms with van der Waals surface area (Å²) in [6.45, 7) is 5.78. The molecular formula is C21H19N3O3. The second-order valence-corrected chi connectivity index (χ2v) is 6.59. The van der Waals surface area contributed by atoms with E-state index in [2.05, 4.69) is 15.5 Å². The van der Waals surface area contributed by atoms with Gasteiger partial charge in [0.15, 0.2) is 5.76 Å². The molecule has 4 aromatic rings. The van der Waals surface area contributed by atoms with Crippen LogP contribution >= 0.6 is 0 Å². The van der Waals surface area contributed by atoms with Crippen LogP contribution in [-0.2, 0) is 0 Å². The Morgan fingerprint density at radius 3 is 2.63 bits per heavy atom. The van der Waals surface area contributed by atoms with E-state index >= 15 is 0 Å². The van der Waals surface area contributed by atoms with Crippen LogP contribution < -0.4 is 5.32 Å². The van der Waals surface area contributed by atoms with Crippen LogP contribution in [0.2, 0.25) is 0 Å². The monoisotopic (exact) mass is 361 g/mol. The van der Waals surface area contributed by atoms with Crippen molar-refractivity contribution in [3.63, 3.8) is 0 Å². The maximum absolute atomic E-state index is 13.0. The Bertz CT molecular complexity index is 1100. The van der Waals surface area contributed by atoms with Gasteiger partial charge in [-0.05, 0) is 44.5 Å². The molecule has 6 nitrogen and oxygen atoms in total. The summed E-state index contributed by atoms with van der Waals surface area (Å²) in [5.74, 6) is 0.348. The van der Waals surface area contributed by atoms with Crippen molar-refractivity contribution in [3.8, 4) is 11.5 Å². The number of hydrogen-bond donors (Lipinski definition) is 1. The van der Waals surface area contributed by atoms with Crippen LogP contribution in [0.15, 0.2) is 57.7 Å². The maximum Gasteiger partial charge on any atom is 0.259 e. The third kappa shape index (κ3) is 3.21. The number of fused-ring (bicyclic) bond motifs is 1.